The summed E-state index contributed by atoms with van der Waals surface area (Å²) < 4.78 is 0. The number of aromatic nitrogens is 3. The Morgan fingerprint density at radius 2 is 2.22 bits per heavy atom. The summed E-state index contributed by atoms with van der Waals surface area (Å²) in [4.78, 5) is 15.6. The first-order valence-electron chi connectivity index (χ1n) is 5.09. The first kappa shape index (κ1) is 14.5. The molecule has 0 aliphatic carbocycles. The average Bonchev–Trinajstić information content (AvgIpc) is 2.82. The van der Waals surface area contributed by atoms with Crippen LogP contribution in [0.1, 0.15) is 5.56 Å². The lowest BCUT2D eigenvalue weighted by Gasteiger charge is -2.06. The molecule has 2 aromatic rings. The topological polar surface area (TPSA) is 70.7 Å². The number of hydrogen-bond donors (Lipinski definition) is 2. The Morgan fingerprint density at radius 1 is 1.44 bits per heavy atom. The Kier molecular flexibility index (Phi) is 5.67. The monoisotopic (exact) mass is 284 g/mol. The predicted molar refractivity (Wildman–Crippen MR) is 74.2 cm³/mol. The van der Waals surface area contributed by atoms with Gasteiger partial charge in [-0.25, -0.2) is 4.98 Å². The SMILES string of the molecule is Cc1ccccc1NC(=O)CSc1ncn[nH]1.Cl. The third kappa shape index (κ3) is 4.05. The van der Waals surface area contributed by atoms with Crippen molar-refractivity contribution in [3.05, 3.63) is 36.2 Å². The van der Waals surface area contributed by atoms with Gasteiger partial charge in [0.25, 0.3) is 0 Å². The van der Waals surface area contributed by atoms with Gasteiger partial charge in [-0.15, -0.1) is 12.4 Å². The van der Waals surface area contributed by atoms with Gasteiger partial charge in [-0.2, -0.15) is 5.10 Å². The van der Waals surface area contributed by atoms with Crippen molar-refractivity contribution in [1.82, 2.24) is 15.2 Å². The van der Waals surface area contributed by atoms with E-state index in [0.29, 0.717) is 10.9 Å². The smallest absolute Gasteiger partial charge is 0.234 e. The molecule has 2 rings (SSSR count). The molecule has 0 bridgehead atoms. The minimum absolute atomic E-state index is 0. The molecule has 18 heavy (non-hydrogen) atoms. The van der Waals surface area contributed by atoms with E-state index in [1.54, 1.807) is 0 Å². The molecule has 0 unspecified atom stereocenters. The molecule has 96 valence electrons. The van der Waals surface area contributed by atoms with E-state index in [9.17, 15) is 4.79 Å². The largest absolute Gasteiger partial charge is 0.325 e. The number of carbonyl (C=O) groups excluding carboxylic acids is 1. The lowest BCUT2D eigenvalue weighted by atomic mass is 10.2. The van der Waals surface area contributed by atoms with Crippen molar-refractivity contribution in [3.8, 4) is 0 Å². The van der Waals surface area contributed by atoms with Gasteiger partial charge < -0.3 is 5.32 Å². The van der Waals surface area contributed by atoms with Crippen LogP contribution in [0.4, 0.5) is 5.69 Å². The van der Waals surface area contributed by atoms with Gasteiger partial charge in [0.1, 0.15) is 6.33 Å². The van der Waals surface area contributed by atoms with Crippen LogP contribution in [0, 0.1) is 6.92 Å². The van der Waals surface area contributed by atoms with Crippen molar-refractivity contribution in [1.29, 1.82) is 0 Å². The minimum atomic E-state index is -0.0549. The number of anilines is 1. The zero-order chi connectivity index (χ0) is 12.1. The van der Waals surface area contributed by atoms with Crippen LogP contribution in [0.2, 0.25) is 0 Å². The van der Waals surface area contributed by atoms with Crippen molar-refractivity contribution in [2.75, 3.05) is 11.1 Å². The first-order valence-corrected chi connectivity index (χ1v) is 6.08. The maximum Gasteiger partial charge on any atom is 0.234 e. The number of H-pyrrole nitrogens is 1. The maximum absolute atomic E-state index is 11.7. The van der Waals surface area contributed by atoms with Crippen LogP contribution in [-0.4, -0.2) is 26.8 Å². The van der Waals surface area contributed by atoms with Crippen molar-refractivity contribution in [2.45, 2.75) is 12.1 Å². The maximum atomic E-state index is 11.7. The summed E-state index contributed by atoms with van der Waals surface area (Å²) in [7, 11) is 0. The van der Waals surface area contributed by atoms with E-state index in [1.807, 2.05) is 31.2 Å². The zero-order valence-electron chi connectivity index (χ0n) is 9.71. The third-order valence-electron chi connectivity index (χ3n) is 2.15. The lowest BCUT2D eigenvalue weighted by molar-refractivity contribution is -0.113. The first-order chi connectivity index (χ1) is 8.25. The molecule has 1 heterocycles. The Labute approximate surface area is 115 Å². The number of aryl methyl sites for hydroxylation is 1. The second-order valence-electron chi connectivity index (χ2n) is 3.44. The Bertz CT molecular complexity index is 504. The normalized spacial score (nSPS) is 9.61. The fraction of sp³-hybridized carbons (Fsp3) is 0.182. The fourth-order valence-electron chi connectivity index (χ4n) is 1.30. The molecule has 1 amide bonds. The Hall–Kier alpha value is -1.53. The highest BCUT2D eigenvalue weighted by Gasteiger charge is 2.06. The van der Waals surface area contributed by atoms with E-state index < -0.39 is 0 Å². The van der Waals surface area contributed by atoms with Gasteiger partial charge in [-0.3, -0.25) is 9.89 Å². The van der Waals surface area contributed by atoms with E-state index in [-0.39, 0.29) is 18.3 Å². The van der Waals surface area contributed by atoms with Gasteiger partial charge >= 0.3 is 0 Å². The average molecular weight is 285 g/mol. The predicted octanol–water partition coefficient (Wildman–Crippen LogP) is 2.27. The van der Waals surface area contributed by atoms with Crippen molar-refractivity contribution in [2.24, 2.45) is 0 Å². The molecule has 0 saturated carbocycles. The Balaban J connectivity index is 0.00000162. The summed E-state index contributed by atoms with van der Waals surface area (Å²) in [5, 5.41) is 9.89. The number of nitrogens with one attached hydrogen (secondary N) is 2. The molecule has 0 spiro atoms. The Morgan fingerprint density at radius 3 is 2.89 bits per heavy atom. The zero-order valence-corrected chi connectivity index (χ0v) is 11.3. The van der Waals surface area contributed by atoms with Gasteiger partial charge in [0.2, 0.25) is 5.91 Å². The van der Waals surface area contributed by atoms with Gasteiger partial charge in [0.05, 0.1) is 5.75 Å². The second kappa shape index (κ2) is 7.03. The van der Waals surface area contributed by atoms with E-state index in [4.69, 9.17) is 0 Å². The molecule has 1 aromatic heterocycles. The van der Waals surface area contributed by atoms with Gasteiger partial charge in [-0.1, -0.05) is 30.0 Å². The van der Waals surface area contributed by atoms with Crippen LogP contribution in [-0.2, 0) is 4.79 Å². The van der Waals surface area contributed by atoms with Gasteiger partial charge in [0, 0.05) is 5.69 Å². The summed E-state index contributed by atoms with van der Waals surface area (Å²) in [6.07, 6.45) is 1.42. The summed E-state index contributed by atoms with van der Waals surface area (Å²) in [5.41, 5.74) is 1.89. The number of thioether (sulfide) groups is 1. The minimum Gasteiger partial charge on any atom is -0.325 e. The van der Waals surface area contributed by atoms with Crippen molar-refractivity contribution < 1.29 is 4.79 Å². The molecule has 5 nitrogen and oxygen atoms in total. The van der Waals surface area contributed by atoms with Crippen LogP contribution in [0.5, 0.6) is 0 Å². The third-order valence-corrected chi connectivity index (χ3v) is 3.03. The van der Waals surface area contributed by atoms with Crippen molar-refractivity contribution in [3.63, 3.8) is 0 Å². The number of rotatable bonds is 4. The standard InChI is InChI=1S/C11H12N4OS.ClH/c1-8-4-2-3-5-9(8)14-10(16)6-17-11-12-7-13-15-11;/h2-5,7H,6H2,1H3,(H,14,16)(H,12,13,15);1H. The summed E-state index contributed by atoms with van der Waals surface area (Å²) in [5.74, 6) is 0.254. The van der Waals surface area contributed by atoms with Crippen LogP contribution in [0.25, 0.3) is 0 Å². The van der Waals surface area contributed by atoms with Crippen molar-refractivity contribution >= 4 is 35.8 Å². The van der Waals surface area contributed by atoms with Crippen LogP contribution >= 0.6 is 24.2 Å². The molecule has 0 fully saturated rings. The van der Waals surface area contributed by atoms with Crippen LogP contribution in [0.15, 0.2) is 35.7 Å². The highest BCUT2D eigenvalue weighted by atomic mass is 35.5. The number of carbonyl (C=O) groups is 1. The molecule has 0 atom stereocenters. The molecular formula is C11H13ClN4OS. The molecule has 0 radical (unpaired) electrons. The highest BCUT2D eigenvalue weighted by molar-refractivity contribution is 7.99. The number of para-hydroxylation sites is 1. The summed E-state index contributed by atoms with van der Waals surface area (Å²) >= 11 is 1.32. The van der Waals surface area contributed by atoms with E-state index in [2.05, 4.69) is 20.5 Å². The number of hydrogen-bond acceptors (Lipinski definition) is 4. The van der Waals surface area contributed by atoms with E-state index >= 15 is 0 Å². The second-order valence-corrected chi connectivity index (χ2v) is 4.41. The highest BCUT2D eigenvalue weighted by Crippen LogP contribution is 2.15. The molecule has 7 heteroatoms. The fourth-order valence-corrected chi connectivity index (χ4v) is 1.88. The van der Waals surface area contributed by atoms with Gasteiger partial charge in [0.15, 0.2) is 5.16 Å². The van der Waals surface area contributed by atoms with E-state index in [1.165, 1.54) is 18.1 Å². The number of nitrogens with zero attached hydrogens (tertiary/aromatic N) is 2. The van der Waals surface area contributed by atoms with Crippen LogP contribution < -0.4 is 5.32 Å². The quantitative estimate of drug-likeness (QED) is 0.845. The molecule has 1 aromatic carbocycles. The molecular weight excluding hydrogens is 272 g/mol. The number of halogens is 1. The number of benzene rings is 1. The summed E-state index contributed by atoms with van der Waals surface area (Å²) in [6, 6.07) is 7.67. The van der Waals surface area contributed by atoms with Crippen LogP contribution in [0.3, 0.4) is 0 Å². The molecule has 0 saturated heterocycles. The molecule has 0 aliphatic rings. The number of amides is 1. The molecule has 0 aliphatic heterocycles. The summed E-state index contributed by atoms with van der Waals surface area (Å²) in [6.45, 7) is 1.96. The lowest BCUT2D eigenvalue weighted by Crippen LogP contribution is -2.14. The number of aromatic amines is 1. The van der Waals surface area contributed by atoms with E-state index in [0.717, 1.165) is 11.3 Å². The molecule has 2 N–H and O–H groups in total. The van der Waals surface area contributed by atoms with Gasteiger partial charge in [-0.05, 0) is 18.6 Å².